The second kappa shape index (κ2) is 6.06. The Kier molecular flexibility index (Phi) is 4.38. The van der Waals surface area contributed by atoms with Crippen molar-refractivity contribution in [1.82, 2.24) is 5.32 Å². The molecule has 1 amide bonds. The second-order valence-electron chi connectivity index (χ2n) is 5.45. The van der Waals surface area contributed by atoms with E-state index in [1.807, 2.05) is 24.3 Å². The normalized spacial score (nSPS) is 11.2. The first-order chi connectivity index (χ1) is 9.86. The van der Waals surface area contributed by atoms with Gasteiger partial charge in [0.1, 0.15) is 5.82 Å². The molecule has 0 unspecified atom stereocenters. The third-order valence-corrected chi connectivity index (χ3v) is 3.20. The second-order valence-corrected chi connectivity index (χ2v) is 5.45. The van der Waals surface area contributed by atoms with Crippen LogP contribution in [0, 0.1) is 5.82 Å². The predicted octanol–water partition coefficient (Wildman–Crippen LogP) is 2.98. The van der Waals surface area contributed by atoms with Crippen LogP contribution in [0.25, 0.3) is 0 Å². The van der Waals surface area contributed by atoms with Crippen LogP contribution in [-0.2, 0) is 12.1 Å². The van der Waals surface area contributed by atoms with Gasteiger partial charge in [0.05, 0.1) is 5.60 Å². The Morgan fingerprint density at radius 3 is 2.43 bits per heavy atom. The molecule has 0 atom stereocenters. The molecule has 0 aliphatic heterocycles. The standard InChI is InChI=1S/C17H18FNO2/c1-17(2,21)14-8-6-12(7-9-14)11-19-16(20)13-4-3-5-15(18)10-13/h3-10,21H,11H2,1-2H3,(H,19,20). The van der Waals surface area contributed by atoms with Crippen LogP contribution in [-0.4, -0.2) is 11.0 Å². The van der Waals surface area contributed by atoms with E-state index >= 15 is 0 Å². The SMILES string of the molecule is CC(C)(O)c1ccc(CNC(=O)c2cccc(F)c2)cc1. The summed E-state index contributed by atoms with van der Waals surface area (Å²) in [6.45, 7) is 3.78. The van der Waals surface area contributed by atoms with Crippen LogP contribution in [0.1, 0.15) is 35.3 Å². The minimum absolute atomic E-state index is 0.295. The highest BCUT2D eigenvalue weighted by atomic mass is 19.1. The van der Waals surface area contributed by atoms with E-state index in [1.54, 1.807) is 19.9 Å². The van der Waals surface area contributed by atoms with Crippen LogP contribution in [0.5, 0.6) is 0 Å². The van der Waals surface area contributed by atoms with Gasteiger partial charge in [0.15, 0.2) is 0 Å². The predicted molar refractivity (Wildman–Crippen MR) is 79.3 cm³/mol. The van der Waals surface area contributed by atoms with Gasteiger partial charge in [0, 0.05) is 12.1 Å². The average molecular weight is 287 g/mol. The molecule has 0 radical (unpaired) electrons. The Hall–Kier alpha value is -2.20. The lowest BCUT2D eigenvalue weighted by Gasteiger charge is -2.18. The lowest BCUT2D eigenvalue weighted by Crippen LogP contribution is -2.23. The molecule has 0 saturated heterocycles. The summed E-state index contributed by atoms with van der Waals surface area (Å²) >= 11 is 0. The first-order valence-corrected chi connectivity index (χ1v) is 6.72. The maximum atomic E-state index is 13.0. The van der Waals surface area contributed by atoms with Crippen LogP contribution in [0.15, 0.2) is 48.5 Å². The zero-order valence-corrected chi connectivity index (χ0v) is 12.1. The highest BCUT2D eigenvalue weighted by Crippen LogP contribution is 2.19. The quantitative estimate of drug-likeness (QED) is 0.908. The van der Waals surface area contributed by atoms with E-state index in [0.717, 1.165) is 11.1 Å². The van der Waals surface area contributed by atoms with Crippen molar-refractivity contribution in [3.63, 3.8) is 0 Å². The van der Waals surface area contributed by atoms with Gasteiger partial charge >= 0.3 is 0 Å². The lowest BCUT2D eigenvalue weighted by atomic mass is 9.97. The largest absolute Gasteiger partial charge is 0.386 e. The fourth-order valence-electron chi connectivity index (χ4n) is 1.94. The first-order valence-electron chi connectivity index (χ1n) is 6.72. The fourth-order valence-corrected chi connectivity index (χ4v) is 1.94. The Balaban J connectivity index is 1.98. The van der Waals surface area contributed by atoms with Crippen LogP contribution in [0.4, 0.5) is 4.39 Å². The molecule has 0 bridgehead atoms. The summed E-state index contributed by atoms with van der Waals surface area (Å²) < 4.78 is 13.0. The van der Waals surface area contributed by atoms with Crippen molar-refractivity contribution in [2.75, 3.05) is 0 Å². The number of carbonyl (C=O) groups excluding carboxylic acids is 1. The minimum atomic E-state index is -0.886. The molecular formula is C17H18FNO2. The van der Waals surface area contributed by atoms with Gasteiger partial charge in [-0.3, -0.25) is 4.79 Å². The van der Waals surface area contributed by atoms with Gasteiger partial charge in [-0.1, -0.05) is 30.3 Å². The van der Waals surface area contributed by atoms with Crippen molar-refractivity contribution in [3.8, 4) is 0 Å². The lowest BCUT2D eigenvalue weighted by molar-refractivity contribution is 0.0785. The number of carbonyl (C=O) groups is 1. The number of hydrogen-bond donors (Lipinski definition) is 2. The van der Waals surface area contributed by atoms with Crippen molar-refractivity contribution >= 4 is 5.91 Å². The van der Waals surface area contributed by atoms with Gasteiger partial charge in [-0.05, 0) is 43.2 Å². The van der Waals surface area contributed by atoms with Gasteiger partial charge in [0.2, 0.25) is 0 Å². The maximum Gasteiger partial charge on any atom is 0.251 e. The zero-order valence-electron chi connectivity index (χ0n) is 12.1. The van der Waals surface area contributed by atoms with Crippen LogP contribution in [0.3, 0.4) is 0 Å². The number of nitrogens with one attached hydrogen (secondary N) is 1. The molecule has 2 N–H and O–H groups in total. The van der Waals surface area contributed by atoms with Crippen molar-refractivity contribution in [1.29, 1.82) is 0 Å². The Bertz CT molecular complexity index is 630. The topological polar surface area (TPSA) is 49.3 Å². The number of aliphatic hydroxyl groups is 1. The summed E-state index contributed by atoms with van der Waals surface area (Å²) in [5.41, 5.74) is 1.13. The van der Waals surface area contributed by atoms with Gasteiger partial charge in [0.25, 0.3) is 5.91 Å². The number of hydrogen-bond acceptors (Lipinski definition) is 2. The van der Waals surface area contributed by atoms with Crippen LogP contribution >= 0.6 is 0 Å². The Labute approximate surface area is 123 Å². The summed E-state index contributed by atoms with van der Waals surface area (Å²) in [5, 5.41) is 12.6. The van der Waals surface area contributed by atoms with Crippen molar-refractivity contribution in [2.45, 2.75) is 26.0 Å². The highest BCUT2D eigenvalue weighted by molar-refractivity contribution is 5.94. The number of benzene rings is 2. The van der Waals surface area contributed by atoms with Crippen LogP contribution < -0.4 is 5.32 Å². The summed E-state index contributed by atoms with van der Waals surface area (Å²) in [6.07, 6.45) is 0. The minimum Gasteiger partial charge on any atom is -0.386 e. The molecule has 4 heteroatoms. The monoisotopic (exact) mass is 287 g/mol. The summed E-state index contributed by atoms with van der Waals surface area (Å²) in [4.78, 5) is 11.9. The van der Waals surface area contributed by atoms with E-state index in [-0.39, 0.29) is 5.91 Å². The molecule has 0 aliphatic rings. The highest BCUT2D eigenvalue weighted by Gasteiger charge is 2.15. The zero-order chi connectivity index (χ0) is 15.5. The number of halogens is 1. The number of amides is 1. The van der Waals surface area contributed by atoms with Gasteiger partial charge in [-0.2, -0.15) is 0 Å². The molecule has 2 rings (SSSR count). The smallest absolute Gasteiger partial charge is 0.251 e. The average Bonchev–Trinajstić information content (AvgIpc) is 2.44. The van der Waals surface area contributed by atoms with Crippen molar-refractivity contribution in [3.05, 3.63) is 71.0 Å². The molecule has 110 valence electrons. The van der Waals surface area contributed by atoms with Crippen molar-refractivity contribution < 1.29 is 14.3 Å². The van der Waals surface area contributed by atoms with E-state index in [4.69, 9.17) is 0 Å². The Morgan fingerprint density at radius 1 is 1.19 bits per heavy atom. The maximum absolute atomic E-state index is 13.0. The first kappa shape index (κ1) is 15.2. The molecule has 0 aliphatic carbocycles. The summed E-state index contributed by atoms with van der Waals surface area (Å²) in [6, 6.07) is 12.9. The molecule has 0 spiro atoms. The molecule has 21 heavy (non-hydrogen) atoms. The van der Waals surface area contributed by atoms with Gasteiger partial charge in [-0.25, -0.2) is 4.39 Å². The molecule has 2 aromatic carbocycles. The third-order valence-electron chi connectivity index (χ3n) is 3.20. The van der Waals surface area contributed by atoms with Crippen LogP contribution in [0.2, 0.25) is 0 Å². The molecule has 0 fully saturated rings. The van der Waals surface area contributed by atoms with E-state index in [9.17, 15) is 14.3 Å². The molecule has 0 heterocycles. The van der Waals surface area contributed by atoms with Gasteiger partial charge < -0.3 is 10.4 Å². The van der Waals surface area contributed by atoms with E-state index < -0.39 is 11.4 Å². The Morgan fingerprint density at radius 2 is 1.86 bits per heavy atom. The molecule has 0 aromatic heterocycles. The number of rotatable bonds is 4. The summed E-state index contributed by atoms with van der Waals surface area (Å²) in [5.74, 6) is -0.752. The summed E-state index contributed by atoms with van der Waals surface area (Å²) in [7, 11) is 0. The van der Waals surface area contributed by atoms with E-state index in [1.165, 1.54) is 18.2 Å². The molecule has 0 saturated carbocycles. The molecule has 3 nitrogen and oxygen atoms in total. The molecular weight excluding hydrogens is 269 g/mol. The molecule has 2 aromatic rings. The van der Waals surface area contributed by atoms with Crippen molar-refractivity contribution in [2.24, 2.45) is 0 Å². The third kappa shape index (κ3) is 4.13. The van der Waals surface area contributed by atoms with E-state index in [2.05, 4.69) is 5.32 Å². The van der Waals surface area contributed by atoms with Gasteiger partial charge in [-0.15, -0.1) is 0 Å². The fraction of sp³-hybridized carbons (Fsp3) is 0.235. The van der Waals surface area contributed by atoms with E-state index in [0.29, 0.717) is 12.1 Å².